The summed E-state index contributed by atoms with van der Waals surface area (Å²) < 4.78 is 10.3. The number of hydrogen-bond acceptors (Lipinski definition) is 7. The highest BCUT2D eigenvalue weighted by molar-refractivity contribution is 7.99. The van der Waals surface area contributed by atoms with Crippen molar-refractivity contribution in [1.82, 2.24) is 19.4 Å². The molecular weight excluding hydrogens is 650 g/mol. The van der Waals surface area contributed by atoms with E-state index in [-0.39, 0.29) is 0 Å². The Labute approximate surface area is 289 Å². The maximum atomic E-state index is 12.6. The Balaban J connectivity index is 1.25. The maximum absolute atomic E-state index is 12.6. The summed E-state index contributed by atoms with van der Waals surface area (Å²) in [5, 5.41) is 23.5. The number of aromatic nitrogens is 3. The number of hydrogen-bond donors (Lipinski definition) is 1. The van der Waals surface area contributed by atoms with Crippen molar-refractivity contribution in [2.24, 2.45) is 19.2 Å². The Morgan fingerprint density at radius 3 is 2.72 bits per heavy atom. The Kier molecular flexibility index (Phi) is 9.61. The number of carboxylic acid groups (broad SMARTS) is 1. The van der Waals surface area contributed by atoms with Crippen molar-refractivity contribution in [3.05, 3.63) is 80.4 Å². The predicted molar refractivity (Wildman–Crippen MR) is 193 cm³/mol. The number of benzene rings is 2. The van der Waals surface area contributed by atoms with E-state index >= 15 is 0 Å². The molecular formula is C36H40ClN5O3S2. The predicted octanol–water partition coefficient (Wildman–Crippen LogP) is 8.12. The second-order valence-electron chi connectivity index (χ2n) is 12.5. The molecule has 8 nitrogen and oxygen atoms in total. The van der Waals surface area contributed by atoms with Gasteiger partial charge in [0.15, 0.2) is 0 Å². The average molecular weight is 690 g/mol. The molecule has 4 heterocycles. The monoisotopic (exact) mass is 689 g/mol. The van der Waals surface area contributed by atoms with Crippen LogP contribution in [0.15, 0.2) is 46.0 Å². The molecule has 1 aliphatic carbocycles. The molecule has 4 aromatic rings. The summed E-state index contributed by atoms with van der Waals surface area (Å²) in [4.78, 5) is 13.9. The summed E-state index contributed by atoms with van der Waals surface area (Å²) in [5.74, 6) is 2.48. The number of ether oxygens (including phenoxy) is 1. The molecule has 47 heavy (non-hydrogen) atoms. The zero-order valence-corrected chi connectivity index (χ0v) is 29.3. The zero-order chi connectivity index (χ0) is 32.5. The van der Waals surface area contributed by atoms with Crippen molar-refractivity contribution in [2.75, 3.05) is 18.9 Å². The first-order valence-corrected chi connectivity index (χ1v) is 18.9. The lowest BCUT2D eigenvalue weighted by Gasteiger charge is -2.21. The summed E-state index contributed by atoms with van der Waals surface area (Å²) in [6.45, 7) is 1.35. The van der Waals surface area contributed by atoms with Crippen LogP contribution in [0.3, 0.4) is 0 Å². The van der Waals surface area contributed by atoms with Crippen LogP contribution in [-0.2, 0) is 44.9 Å². The quantitative estimate of drug-likeness (QED) is 0.216. The minimum atomic E-state index is -0.935. The topological polar surface area (TPSA) is 84.9 Å². The number of allylic oxidation sites excluding steroid dienone is 1. The van der Waals surface area contributed by atoms with Gasteiger partial charge in [-0.3, -0.25) is 9.69 Å². The Morgan fingerprint density at radius 1 is 1.00 bits per heavy atom. The molecule has 0 amide bonds. The van der Waals surface area contributed by atoms with E-state index < -0.39 is 5.97 Å². The summed E-state index contributed by atoms with van der Waals surface area (Å²) in [7, 11) is 3.86. The second kappa shape index (κ2) is 14.0. The molecule has 2 aromatic carbocycles. The summed E-state index contributed by atoms with van der Waals surface area (Å²) >= 11 is 10.5. The lowest BCUT2D eigenvalue weighted by Crippen LogP contribution is -2.11. The number of carboxylic acids is 1. The molecule has 2 aromatic heterocycles. The number of thioether (sulfide) groups is 2. The molecule has 0 atom stereocenters. The third kappa shape index (κ3) is 6.69. The van der Waals surface area contributed by atoms with Crippen LogP contribution in [0.5, 0.6) is 5.75 Å². The van der Waals surface area contributed by atoms with Crippen LogP contribution in [0.4, 0.5) is 0 Å². The summed E-state index contributed by atoms with van der Waals surface area (Å²) in [5.41, 5.74) is 8.89. The molecule has 1 N–H and O–H groups in total. The summed E-state index contributed by atoms with van der Waals surface area (Å²) in [6, 6.07) is 10.6. The van der Waals surface area contributed by atoms with Gasteiger partial charge >= 0.3 is 5.97 Å². The van der Waals surface area contributed by atoms with Gasteiger partial charge in [0.25, 0.3) is 0 Å². The molecule has 246 valence electrons. The first-order chi connectivity index (χ1) is 22.9. The normalized spacial score (nSPS) is 19.4. The number of rotatable bonds is 1. The molecule has 11 heteroatoms. The van der Waals surface area contributed by atoms with Gasteiger partial charge < -0.3 is 14.4 Å². The molecule has 0 spiro atoms. The molecule has 0 saturated carbocycles. The molecule has 0 radical (unpaired) electrons. The van der Waals surface area contributed by atoms with Crippen LogP contribution in [0.2, 0.25) is 5.02 Å². The summed E-state index contributed by atoms with van der Waals surface area (Å²) in [6.07, 6.45) is 11.7. The highest BCUT2D eigenvalue weighted by atomic mass is 35.5. The number of nitrogens with zero attached hydrogens (tertiary/aromatic N) is 5. The van der Waals surface area contributed by atoms with Crippen LogP contribution in [0.25, 0.3) is 17.0 Å². The van der Waals surface area contributed by atoms with Gasteiger partial charge in [0.2, 0.25) is 0 Å². The lowest BCUT2D eigenvalue weighted by molar-refractivity contribution is 0.0685. The fourth-order valence-corrected chi connectivity index (χ4v) is 8.99. The lowest BCUT2D eigenvalue weighted by atomic mass is 9.91. The number of hydrazone groups is 1. The SMILES string of the molecule is Cn1nc2cc1CSc1cc3c(c(c1)OCCCc1c(C(=O)O)n(C)c4c(c(Cl)ccc14)/C=C1\CCCN1/N=C/CSC2)CCCC3. The van der Waals surface area contributed by atoms with E-state index in [1.807, 2.05) is 48.9 Å². The smallest absolute Gasteiger partial charge is 0.352 e. The average Bonchev–Trinajstić information content (AvgIpc) is 3.73. The van der Waals surface area contributed by atoms with Crippen LogP contribution < -0.4 is 4.74 Å². The van der Waals surface area contributed by atoms with Gasteiger partial charge in [0.05, 0.1) is 17.8 Å². The van der Waals surface area contributed by atoms with Gasteiger partial charge in [0, 0.05) is 76.4 Å². The van der Waals surface area contributed by atoms with Crippen LogP contribution in [-0.4, -0.2) is 55.6 Å². The second-order valence-corrected chi connectivity index (χ2v) is 15.0. The largest absolute Gasteiger partial charge is 0.493 e. The Bertz CT molecular complexity index is 1900. The Hall–Kier alpha value is -3.34. The van der Waals surface area contributed by atoms with E-state index in [2.05, 4.69) is 29.3 Å². The molecule has 1 fully saturated rings. The van der Waals surface area contributed by atoms with Gasteiger partial charge in [-0.05, 0) is 98.4 Å². The third-order valence-electron chi connectivity index (χ3n) is 9.40. The van der Waals surface area contributed by atoms with Crippen molar-refractivity contribution >= 4 is 64.3 Å². The Morgan fingerprint density at radius 2 is 1.85 bits per heavy atom. The van der Waals surface area contributed by atoms with E-state index in [1.165, 1.54) is 34.6 Å². The fraction of sp³-hybridized carbons (Fsp3) is 0.417. The number of carbonyl (C=O) groups is 1. The van der Waals surface area contributed by atoms with E-state index in [4.69, 9.17) is 26.5 Å². The molecule has 3 aliphatic rings. The van der Waals surface area contributed by atoms with E-state index in [9.17, 15) is 9.90 Å². The zero-order valence-electron chi connectivity index (χ0n) is 26.9. The molecule has 1 saturated heterocycles. The molecule has 0 unspecified atom stereocenters. The van der Waals surface area contributed by atoms with E-state index in [0.717, 1.165) is 88.7 Å². The van der Waals surface area contributed by atoms with Gasteiger partial charge in [-0.1, -0.05) is 17.7 Å². The van der Waals surface area contributed by atoms with Crippen LogP contribution >= 0.6 is 35.1 Å². The van der Waals surface area contributed by atoms with Gasteiger partial charge in [-0.25, -0.2) is 4.79 Å². The van der Waals surface area contributed by atoms with Crippen molar-refractivity contribution < 1.29 is 14.6 Å². The van der Waals surface area contributed by atoms with Crippen molar-refractivity contribution in [3.8, 4) is 5.75 Å². The maximum Gasteiger partial charge on any atom is 0.352 e. The highest BCUT2D eigenvalue weighted by Crippen LogP contribution is 2.38. The first-order valence-electron chi connectivity index (χ1n) is 16.4. The number of fused-ring (bicyclic) bond motifs is 7. The van der Waals surface area contributed by atoms with Crippen LogP contribution in [0, 0.1) is 0 Å². The number of halogens is 1. The third-order valence-corrected chi connectivity index (χ3v) is 11.6. The minimum absolute atomic E-state index is 0.305. The first kappa shape index (κ1) is 32.2. The van der Waals surface area contributed by atoms with Gasteiger partial charge in [0.1, 0.15) is 11.4 Å². The number of aryl methyl sites for hydroxylation is 4. The van der Waals surface area contributed by atoms with Crippen molar-refractivity contribution in [2.45, 2.75) is 67.8 Å². The molecule has 2 aliphatic heterocycles. The van der Waals surface area contributed by atoms with E-state index in [1.54, 1.807) is 16.3 Å². The van der Waals surface area contributed by atoms with Gasteiger partial charge in [-0.15, -0.1) is 23.5 Å². The molecule has 7 rings (SSSR count). The molecule has 8 bridgehead atoms. The van der Waals surface area contributed by atoms with Gasteiger partial charge in [-0.2, -0.15) is 10.2 Å². The fourth-order valence-electron chi connectivity index (χ4n) is 7.15. The minimum Gasteiger partial charge on any atom is -0.493 e. The van der Waals surface area contributed by atoms with E-state index in [0.29, 0.717) is 30.2 Å². The standard InChI is InChI=1S/C36H40ClN5O3S2/c1-40-34-30-11-12-32(37)31(34)19-25-8-5-14-42(25)38-13-16-46-21-24-18-26(41(2)39-24)22-47-27-17-23-7-3-4-9-28(23)33(20-27)45-15-6-10-29(30)35(40)36(43)44/h11-13,17-20H,3-10,14-16,21-22H2,1-2H3,(H,43,44)/b25-19+,38-13+. The van der Waals surface area contributed by atoms with Crippen molar-refractivity contribution in [3.63, 3.8) is 0 Å². The number of aromatic carboxylic acids is 1. The van der Waals surface area contributed by atoms with Crippen molar-refractivity contribution in [1.29, 1.82) is 0 Å². The van der Waals surface area contributed by atoms with Crippen LogP contribution in [0.1, 0.15) is 76.2 Å². The highest BCUT2D eigenvalue weighted by Gasteiger charge is 2.25.